The molecule has 0 saturated heterocycles. The molecule has 0 fully saturated rings. The van der Waals surface area contributed by atoms with E-state index in [0.29, 0.717) is 23.7 Å². The van der Waals surface area contributed by atoms with E-state index in [1.54, 1.807) is 26.2 Å². The topological polar surface area (TPSA) is 65.0 Å². The zero-order chi connectivity index (χ0) is 13.8. The number of carbonyl (C=O) groups is 1. The highest BCUT2D eigenvalue weighted by Crippen LogP contribution is 2.17. The second kappa shape index (κ2) is 5.56. The number of carbonyl (C=O) groups excluding carboxylic acids is 1. The van der Waals surface area contributed by atoms with Crippen molar-refractivity contribution in [1.29, 1.82) is 0 Å². The number of rotatable bonds is 3. The van der Waals surface area contributed by atoms with E-state index in [9.17, 15) is 4.79 Å². The third kappa shape index (κ3) is 2.76. The fourth-order valence-corrected chi connectivity index (χ4v) is 1.68. The first kappa shape index (κ1) is 13.1. The van der Waals surface area contributed by atoms with Crippen LogP contribution < -0.4 is 0 Å². The third-order valence-corrected chi connectivity index (χ3v) is 2.66. The number of aromatic nitrogens is 3. The molecular formula is C14H15N3O2. The molecule has 2 rings (SSSR count). The Hall–Kier alpha value is -2.30. The van der Waals surface area contributed by atoms with E-state index in [-0.39, 0.29) is 5.69 Å². The second-order valence-corrected chi connectivity index (χ2v) is 4.11. The van der Waals surface area contributed by atoms with Gasteiger partial charge < -0.3 is 4.74 Å². The average Bonchev–Trinajstić information content (AvgIpc) is 2.40. The highest BCUT2D eigenvalue weighted by molar-refractivity contribution is 5.89. The van der Waals surface area contributed by atoms with Crippen molar-refractivity contribution in [3.05, 3.63) is 41.3 Å². The maximum Gasteiger partial charge on any atom is 0.357 e. The van der Waals surface area contributed by atoms with Gasteiger partial charge in [0.1, 0.15) is 5.69 Å². The lowest BCUT2D eigenvalue weighted by Crippen LogP contribution is -2.11. The fraction of sp³-hybridized carbons (Fsp3) is 0.286. The van der Waals surface area contributed by atoms with Crippen LogP contribution in [-0.4, -0.2) is 27.5 Å². The summed E-state index contributed by atoms with van der Waals surface area (Å²) < 4.78 is 4.98. The number of pyridine rings is 1. The molecule has 0 atom stereocenters. The van der Waals surface area contributed by atoms with E-state index in [0.717, 1.165) is 5.56 Å². The molecule has 0 bridgehead atoms. The van der Waals surface area contributed by atoms with E-state index in [1.807, 2.05) is 19.1 Å². The molecule has 0 spiro atoms. The van der Waals surface area contributed by atoms with Gasteiger partial charge in [0.15, 0.2) is 11.5 Å². The van der Waals surface area contributed by atoms with Crippen LogP contribution in [0.2, 0.25) is 0 Å². The van der Waals surface area contributed by atoms with Gasteiger partial charge in [-0.05, 0) is 32.4 Å². The molecule has 98 valence electrons. The molecule has 5 heteroatoms. The average molecular weight is 257 g/mol. The minimum atomic E-state index is -0.433. The van der Waals surface area contributed by atoms with E-state index >= 15 is 0 Å². The fourth-order valence-electron chi connectivity index (χ4n) is 1.68. The van der Waals surface area contributed by atoms with E-state index in [4.69, 9.17) is 4.74 Å². The summed E-state index contributed by atoms with van der Waals surface area (Å²) in [6, 6.07) is 3.77. The Balaban J connectivity index is 2.47. The Morgan fingerprint density at radius 1 is 1.26 bits per heavy atom. The van der Waals surface area contributed by atoms with Crippen LogP contribution in [0, 0.1) is 13.8 Å². The lowest BCUT2D eigenvalue weighted by molar-refractivity contribution is 0.0518. The third-order valence-electron chi connectivity index (χ3n) is 2.66. The monoisotopic (exact) mass is 257 g/mol. The Morgan fingerprint density at radius 3 is 2.74 bits per heavy atom. The van der Waals surface area contributed by atoms with Gasteiger partial charge in [0.2, 0.25) is 0 Å². The van der Waals surface area contributed by atoms with Gasteiger partial charge in [-0.25, -0.2) is 14.8 Å². The van der Waals surface area contributed by atoms with E-state index in [2.05, 4.69) is 15.0 Å². The van der Waals surface area contributed by atoms with Crippen molar-refractivity contribution in [2.45, 2.75) is 20.8 Å². The van der Waals surface area contributed by atoms with Crippen LogP contribution in [0.3, 0.4) is 0 Å². The number of nitrogens with zero attached hydrogens (tertiary/aromatic N) is 3. The summed E-state index contributed by atoms with van der Waals surface area (Å²) in [5.74, 6) is 0.00369. The SMILES string of the molecule is CCOC(=O)c1nc(-c2ncccc2C)ncc1C. The predicted molar refractivity (Wildman–Crippen MR) is 70.7 cm³/mol. The normalized spacial score (nSPS) is 10.3. The molecule has 0 unspecified atom stereocenters. The van der Waals surface area contributed by atoms with Crippen LogP contribution in [0.25, 0.3) is 11.5 Å². The first-order valence-corrected chi connectivity index (χ1v) is 6.06. The van der Waals surface area contributed by atoms with Gasteiger partial charge in [0.05, 0.1) is 6.61 Å². The van der Waals surface area contributed by atoms with Crippen molar-refractivity contribution in [2.75, 3.05) is 6.61 Å². The van der Waals surface area contributed by atoms with Crippen LogP contribution in [0.1, 0.15) is 28.5 Å². The first-order chi connectivity index (χ1) is 9.13. The van der Waals surface area contributed by atoms with Gasteiger partial charge >= 0.3 is 5.97 Å². The maximum atomic E-state index is 11.8. The second-order valence-electron chi connectivity index (χ2n) is 4.11. The summed E-state index contributed by atoms with van der Waals surface area (Å²) in [6.07, 6.45) is 3.29. The summed E-state index contributed by atoms with van der Waals surface area (Å²) in [6.45, 7) is 5.79. The molecule has 5 nitrogen and oxygen atoms in total. The zero-order valence-corrected chi connectivity index (χ0v) is 11.2. The lowest BCUT2D eigenvalue weighted by Gasteiger charge is -2.07. The Kier molecular flexibility index (Phi) is 3.85. The van der Waals surface area contributed by atoms with Crippen molar-refractivity contribution in [3.63, 3.8) is 0 Å². The molecule has 2 heterocycles. The molecule has 0 aliphatic rings. The van der Waals surface area contributed by atoms with Crippen LogP contribution in [0.15, 0.2) is 24.5 Å². The minimum absolute atomic E-state index is 0.289. The molecule has 0 aromatic carbocycles. The minimum Gasteiger partial charge on any atom is -0.461 e. The van der Waals surface area contributed by atoms with Crippen molar-refractivity contribution < 1.29 is 9.53 Å². The number of hydrogen-bond donors (Lipinski definition) is 0. The van der Waals surface area contributed by atoms with Crippen molar-refractivity contribution in [1.82, 2.24) is 15.0 Å². The largest absolute Gasteiger partial charge is 0.461 e. The molecule has 2 aromatic heterocycles. The van der Waals surface area contributed by atoms with Gasteiger partial charge in [0.25, 0.3) is 0 Å². The summed E-state index contributed by atoms with van der Waals surface area (Å²) in [4.78, 5) is 24.6. The molecule has 2 aromatic rings. The molecular weight excluding hydrogens is 242 g/mol. The van der Waals surface area contributed by atoms with Crippen molar-refractivity contribution >= 4 is 5.97 Å². The number of esters is 1. The van der Waals surface area contributed by atoms with E-state index < -0.39 is 5.97 Å². The summed E-state index contributed by atoms with van der Waals surface area (Å²) in [7, 11) is 0. The van der Waals surface area contributed by atoms with Crippen LogP contribution in [0.4, 0.5) is 0 Å². The lowest BCUT2D eigenvalue weighted by atomic mass is 10.2. The molecule has 0 N–H and O–H groups in total. The van der Waals surface area contributed by atoms with Crippen molar-refractivity contribution in [2.24, 2.45) is 0 Å². The number of hydrogen-bond acceptors (Lipinski definition) is 5. The quantitative estimate of drug-likeness (QED) is 0.789. The standard InChI is InChI=1S/C14H15N3O2/c1-4-19-14(18)12-10(3)8-16-13(17-12)11-9(2)6-5-7-15-11/h5-8H,4H2,1-3H3. The number of ether oxygens (including phenoxy) is 1. The summed E-state index contributed by atoms with van der Waals surface area (Å²) in [5, 5.41) is 0. The van der Waals surface area contributed by atoms with E-state index in [1.165, 1.54) is 0 Å². The van der Waals surface area contributed by atoms with Gasteiger partial charge in [-0.3, -0.25) is 4.98 Å². The van der Waals surface area contributed by atoms with Crippen molar-refractivity contribution in [3.8, 4) is 11.5 Å². The van der Waals surface area contributed by atoms with Gasteiger partial charge in [0, 0.05) is 18.0 Å². The highest BCUT2D eigenvalue weighted by Gasteiger charge is 2.15. The predicted octanol–water partition coefficient (Wildman–Crippen LogP) is 2.33. The van der Waals surface area contributed by atoms with Crippen LogP contribution >= 0.6 is 0 Å². The Labute approximate surface area is 111 Å². The molecule has 0 radical (unpaired) electrons. The first-order valence-electron chi connectivity index (χ1n) is 6.06. The zero-order valence-electron chi connectivity index (χ0n) is 11.2. The summed E-state index contributed by atoms with van der Waals surface area (Å²) in [5.41, 5.74) is 2.61. The number of aryl methyl sites for hydroxylation is 2. The van der Waals surface area contributed by atoms with Crippen LogP contribution in [-0.2, 0) is 4.74 Å². The Bertz CT molecular complexity index is 611. The molecule has 0 saturated carbocycles. The smallest absolute Gasteiger partial charge is 0.357 e. The maximum absolute atomic E-state index is 11.8. The molecule has 19 heavy (non-hydrogen) atoms. The summed E-state index contributed by atoms with van der Waals surface area (Å²) >= 11 is 0. The van der Waals surface area contributed by atoms with Gasteiger partial charge in [-0.2, -0.15) is 0 Å². The molecule has 0 aliphatic carbocycles. The van der Waals surface area contributed by atoms with Crippen LogP contribution in [0.5, 0.6) is 0 Å². The molecule has 0 aliphatic heterocycles. The highest BCUT2D eigenvalue weighted by atomic mass is 16.5. The molecule has 0 amide bonds. The van der Waals surface area contributed by atoms with Gasteiger partial charge in [-0.1, -0.05) is 6.07 Å². The van der Waals surface area contributed by atoms with Gasteiger partial charge in [-0.15, -0.1) is 0 Å². The Morgan fingerprint density at radius 2 is 2.05 bits per heavy atom.